The van der Waals surface area contributed by atoms with Crippen LogP contribution in [0.15, 0.2) is 23.7 Å². The molecule has 0 atom stereocenters. The van der Waals surface area contributed by atoms with Crippen LogP contribution < -0.4 is 10.5 Å². The molecule has 19 heavy (non-hydrogen) atoms. The first-order chi connectivity index (χ1) is 9.20. The molecule has 0 amide bonds. The molecule has 0 aliphatic heterocycles. The van der Waals surface area contributed by atoms with Crippen molar-refractivity contribution in [2.24, 2.45) is 0 Å². The van der Waals surface area contributed by atoms with Crippen molar-refractivity contribution < 1.29 is 4.74 Å². The van der Waals surface area contributed by atoms with Gasteiger partial charge in [-0.15, -0.1) is 11.3 Å². The molecule has 0 unspecified atom stereocenters. The third-order valence-electron chi connectivity index (χ3n) is 2.83. The molecule has 2 rings (SSSR count). The SMILES string of the molecule is Cc1ncsc1CCOc1ccc(N)c(CC#N)c1. The van der Waals surface area contributed by atoms with Crippen LogP contribution in [0, 0.1) is 18.3 Å². The molecule has 0 bridgehead atoms. The first kappa shape index (κ1) is 13.4. The summed E-state index contributed by atoms with van der Waals surface area (Å²) in [7, 11) is 0. The molecular formula is C14H15N3OS. The Morgan fingerprint density at radius 2 is 2.32 bits per heavy atom. The van der Waals surface area contributed by atoms with E-state index < -0.39 is 0 Å². The predicted molar refractivity (Wildman–Crippen MR) is 76.2 cm³/mol. The lowest BCUT2D eigenvalue weighted by Gasteiger charge is -2.08. The fourth-order valence-corrected chi connectivity index (χ4v) is 2.50. The molecule has 0 saturated heterocycles. The molecule has 1 aromatic carbocycles. The van der Waals surface area contributed by atoms with Crippen LogP contribution in [0.25, 0.3) is 0 Å². The topological polar surface area (TPSA) is 71.9 Å². The number of hydrogen-bond donors (Lipinski definition) is 1. The van der Waals surface area contributed by atoms with Crippen LogP contribution >= 0.6 is 11.3 Å². The Kier molecular flexibility index (Phi) is 4.37. The number of aromatic nitrogens is 1. The van der Waals surface area contributed by atoms with Gasteiger partial charge in [0, 0.05) is 17.0 Å². The standard InChI is InChI=1S/C14H15N3OS/c1-10-14(19-9-17-10)5-7-18-12-2-3-13(16)11(8-12)4-6-15/h2-3,8-9H,4-5,7,16H2,1H3. The summed E-state index contributed by atoms with van der Waals surface area (Å²) < 4.78 is 5.69. The van der Waals surface area contributed by atoms with Crippen LogP contribution in [0.5, 0.6) is 5.75 Å². The van der Waals surface area contributed by atoms with Crippen LogP contribution in [0.2, 0.25) is 0 Å². The minimum absolute atomic E-state index is 0.303. The number of ether oxygens (including phenoxy) is 1. The number of aryl methyl sites for hydroxylation is 1. The van der Waals surface area contributed by atoms with Crippen molar-refractivity contribution in [2.75, 3.05) is 12.3 Å². The number of nitrogens with two attached hydrogens (primary N) is 1. The van der Waals surface area contributed by atoms with Crippen LogP contribution in [0.4, 0.5) is 5.69 Å². The maximum atomic E-state index is 8.71. The zero-order valence-corrected chi connectivity index (χ0v) is 11.5. The number of rotatable bonds is 5. The molecule has 0 fully saturated rings. The Bertz CT molecular complexity index is 601. The highest BCUT2D eigenvalue weighted by atomic mass is 32.1. The highest BCUT2D eigenvalue weighted by Gasteiger charge is 2.04. The Morgan fingerprint density at radius 1 is 1.47 bits per heavy atom. The number of nitrogens with zero attached hydrogens (tertiary/aromatic N) is 2. The van der Waals surface area contributed by atoms with Crippen molar-refractivity contribution in [1.82, 2.24) is 4.98 Å². The number of nitrogen functional groups attached to an aromatic ring is 1. The fourth-order valence-electron chi connectivity index (χ4n) is 1.74. The smallest absolute Gasteiger partial charge is 0.119 e. The number of nitriles is 1. The second-order valence-electron chi connectivity index (χ2n) is 4.15. The van der Waals surface area contributed by atoms with Gasteiger partial charge in [0.1, 0.15) is 5.75 Å². The number of hydrogen-bond acceptors (Lipinski definition) is 5. The van der Waals surface area contributed by atoms with Crippen molar-refractivity contribution in [3.63, 3.8) is 0 Å². The number of anilines is 1. The molecule has 1 heterocycles. The van der Waals surface area contributed by atoms with Gasteiger partial charge in [0.05, 0.1) is 30.3 Å². The zero-order valence-electron chi connectivity index (χ0n) is 10.7. The summed E-state index contributed by atoms with van der Waals surface area (Å²) in [5.74, 6) is 0.751. The fraction of sp³-hybridized carbons (Fsp3) is 0.286. The quantitative estimate of drug-likeness (QED) is 0.850. The third kappa shape index (κ3) is 3.46. The summed E-state index contributed by atoms with van der Waals surface area (Å²) in [6, 6.07) is 7.53. The maximum Gasteiger partial charge on any atom is 0.119 e. The van der Waals surface area contributed by atoms with E-state index in [2.05, 4.69) is 11.1 Å². The first-order valence-corrected chi connectivity index (χ1v) is 6.86. The first-order valence-electron chi connectivity index (χ1n) is 5.98. The molecule has 0 radical (unpaired) electrons. The van der Waals surface area contributed by atoms with E-state index in [4.69, 9.17) is 15.7 Å². The second kappa shape index (κ2) is 6.21. The van der Waals surface area contributed by atoms with Crippen LogP contribution in [0.1, 0.15) is 16.1 Å². The summed E-state index contributed by atoms with van der Waals surface area (Å²) in [6.45, 7) is 2.60. The maximum absolute atomic E-state index is 8.71. The summed E-state index contributed by atoms with van der Waals surface area (Å²) in [4.78, 5) is 5.45. The van der Waals surface area contributed by atoms with E-state index in [1.807, 2.05) is 24.6 Å². The van der Waals surface area contributed by atoms with Gasteiger partial charge in [-0.25, -0.2) is 4.98 Å². The van der Waals surface area contributed by atoms with Crippen LogP contribution in [-0.4, -0.2) is 11.6 Å². The molecule has 0 spiro atoms. The predicted octanol–water partition coefficient (Wildman–Crippen LogP) is 2.72. The van der Waals surface area contributed by atoms with Gasteiger partial charge in [-0.3, -0.25) is 0 Å². The van der Waals surface area contributed by atoms with Gasteiger partial charge in [0.25, 0.3) is 0 Å². The van der Waals surface area contributed by atoms with E-state index in [1.54, 1.807) is 17.4 Å². The molecule has 0 aliphatic rings. The van der Waals surface area contributed by atoms with E-state index in [9.17, 15) is 0 Å². The third-order valence-corrected chi connectivity index (χ3v) is 3.82. The summed E-state index contributed by atoms with van der Waals surface area (Å²) in [5, 5.41) is 8.71. The van der Waals surface area contributed by atoms with E-state index in [0.717, 1.165) is 23.4 Å². The van der Waals surface area contributed by atoms with Gasteiger partial charge in [0.2, 0.25) is 0 Å². The number of thiazole rings is 1. The average Bonchev–Trinajstić information content (AvgIpc) is 2.79. The summed E-state index contributed by atoms with van der Waals surface area (Å²) in [5.41, 5.74) is 10.1. The monoisotopic (exact) mass is 273 g/mol. The van der Waals surface area contributed by atoms with Gasteiger partial charge in [0.15, 0.2) is 0 Å². The molecule has 0 saturated carbocycles. The Morgan fingerprint density at radius 3 is 3.00 bits per heavy atom. The molecule has 4 nitrogen and oxygen atoms in total. The minimum Gasteiger partial charge on any atom is -0.493 e. The zero-order chi connectivity index (χ0) is 13.7. The molecule has 1 aromatic heterocycles. The summed E-state index contributed by atoms with van der Waals surface area (Å²) >= 11 is 1.64. The van der Waals surface area contributed by atoms with E-state index in [1.165, 1.54) is 4.88 Å². The number of benzene rings is 1. The van der Waals surface area contributed by atoms with Gasteiger partial charge in [-0.05, 0) is 30.7 Å². The van der Waals surface area contributed by atoms with Gasteiger partial charge >= 0.3 is 0 Å². The lowest BCUT2D eigenvalue weighted by atomic mass is 10.1. The molecule has 5 heteroatoms. The average molecular weight is 273 g/mol. The molecule has 2 aromatic rings. The Balaban J connectivity index is 1.95. The van der Waals surface area contributed by atoms with Crippen molar-refractivity contribution in [2.45, 2.75) is 19.8 Å². The van der Waals surface area contributed by atoms with Crippen molar-refractivity contribution in [3.8, 4) is 11.8 Å². The molecule has 0 aliphatic carbocycles. The largest absolute Gasteiger partial charge is 0.493 e. The van der Waals surface area contributed by atoms with Crippen molar-refractivity contribution in [1.29, 1.82) is 5.26 Å². The summed E-state index contributed by atoms with van der Waals surface area (Å²) in [6.07, 6.45) is 1.14. The lowest BCUT2D eigenvalue weighted by molar-refractivity contribution is 0.322. The van der Waals surface area contributed by atoms with Gasteiger partial charge in [-0.1, -0.05) is 0 Å². The molecule has 2 N–H and O–H groups in total. The Labute approximate surface area is 116 Å². The molecular weight excluding hydrogens is 258 g/mol. The van der Waals surface area contributed by atoms with E-state index >= 15 is 0 Å². The second-order valence-corrected chi connectivity index (χ2v) is 5.09. The highest BCUT2D eigenvalue weighted by Crippen LogP contribution is 2.21. The van der Waals surface area contributed by atoms with Crippen LogP contribution in [0.3, 0.4) is 0 Å². The lowest BCUT2D eigenvalue weighted by Crippen LogP contribution is -2.02. The minimum atomic E-state index is 0.303. The van der Waals surface area contributed by atoms with E-state index in [0.29, 0.717) is 18.7 Å². The normalized spacial score (nSPS) is 10.1. The van der Waals surface area contributed by atoms with Crippen molar-refractivity contribution >= 4 is 17.0 Å². The van der Waals surface area contributed by atoms with Gasteiger partial charge in [-0.2, -0.15) is 5.26 Å². The highest BCUT2D eigenvalue weighted by molar-refractivity contribution is 7.09. The molecule has 98 valence electrons. The van der Waals surface area contributed by atoms with Crippen LogP contribution in [-0.2, 0) is 12.8 Å². The van der Waals surface area contributed by atoms with E-state index in [-0.39, 0.29) is 0 Å². The van der Waals surface area contributed by atoms with Crippen molar-refractivity contribution in [3.05, 3.63) is 39.8 Å². The van der Waals surface area contributed by atoms with Gasteiger partial charge < -0.3 is 10.5 Å². The Hall–Kier alpha value is -2.06.